The summed E-state index contributed by atoms with van der Waals surface area (Å²) in [5, 5.41) is 12.3. The SMILES string of the molecule is CCNC(=O)NC(=O)[C@H](C)Sc1nnc2ccc(S(=O)(=O)N(C)C)cn12. The Morgan fingerprint density at radius 1 is 1.31 bits per heavy atom. The number of nitrogens with zero attached hydrogens (tertiary/aromatic N) is 4. The van der Waals surface area contributed by atoms with Crippen molar-refractivity contribution < 1.29 is 18.0 Å². The van der Waals surface area contributed by atoms with E-state index in [9.17, 15) is 18.0 Å². The second kappa shape index (κ2) is 8.01. The van der Waals surface area contributed by atoms with Crippen molar-refractivity contribution in [3.63, 3.8) is 0 Å². The van der Waals surface area contributed by atoms with Crippen molar-refractivity contribution in [2.24, 2.45) is 0 Å². The van der Waals surface area contributed by atoms with Crippen LogP contribution in [0.4, 0.5) is 4.79 Å². The van der Waals surface area contributed by atoms with Crippen LogP contribution in [0.1, 0.15) is 13.8 Å². The van der Waals surface area contributed by atoms with Crippen LogP contribution < -0.4 is 10.6 Å². The highest BCUT2D eigenvalue weighted by molar-refractivity contribution is 8.00. The molecule has 12 heteroatoms. The third kappa shape index (κ3) is 4.31. The largest absolute Gasteiger partial charge is 0.338 e. The summed E-state index contributed by atoms with van der Waals surface area (Å²) in [6, 6.07) is 2.40. The summed E-state index contributed by atoms with van der Waals surface area (Å²) >= 11 is 1.06. The van der Waals surface area contributed by atoms with Crippen LogP contribution in [0.5, 0.6) is 0 Å². The van der Waals surface area contributed by atoms with E-state index in [1.165, 1.54) is 36.8 Å². The van der Waals surface area contributed by atoms with E-state index in [1.807, 2.05) is 0 Å². The number of sulfonamides is 1. The standard InChI is InChI=1S/C14H20N6O4S2/c1-5-15-13(22)16-12(21)9(2)25-14-18-17-11-7-6-10(8-20(11)14)26(23,24)19(3)4/h6-9H,5H2,1-4H3,(H2,15,16,21,22)/t9-/m0/s1. The number of nitrogens with one attached hydrogen (secondary N) is 2. The minimum atomic E-state index is -3.61. The number of imide groups is 1. The topological polar surface area (TPSA) is 126 Å². The van der Waals surface area contributed by atoms with E-state index in [2.05, 4.69) is 20.8 Å². The van der Waals surface area contributed by atoms with Crippen LogP contribution in [-0.4, -0.2) is 65.1 Å². The lowest BCUT2D eigenvalue weighted by atomic mass is 10.4. The predicted octanol–water partition coefficient (Wildman–Crippen LogP) is 0.306. The monoisotopic (exact) mass is 400 g/mol. The first-order chi connectivity index (χ1) is 12.2. The molecule has 0 aliphatic rings. The zero-order chi connectivity index (χ0) is 19.5. The Morgan fingerprint density at radius 2 is 2.00 bits per heavy atom. The number of thioether (sulfide) groups is 1. The molecule has 10 nitrogen and oxygen atoms in total. The molecular formula is C14H20N6O4S2. The van der Waals surface area contributed by atoms with Gasteiger partial charge in [-0.05, 0) is 26.0 Å². The van der Waals surface area contributed by atoms with Crippen LogP contribution >= 0.6 is 11.8 Å². The number of carbonyl (C=O) groups is 2. The molecule has 2 N–H and O–H groups in total. The number of hydrogen-bond donors (Lipinski definition) is 2. The fourth-order valence-electron chi connectivity index (χ4n) is 1.92. The average molecular weight is 400 g/mol. The Hall–Kier alpha value is -2.18. The van der Waals surface area contributed by atoms with Crippen LogP contribution in [0.25, 0.3) is 5.65 Å². The number of urea groups is 1. The Labute approximate surface area is 155 Å². The van der Waals surface area contributed by atoms with Gasteiger partial charge in [0.25, 0.3) is 0 Å². The number of pyridine rings is 1. The first-order valence-corrected chi connectivity index (χ1v) is 10.0. The maximum atomic E-state index is 12.3. The summed E-state index contributed by atoms with van der Waals surface area (Å²) < 4.78 is 27.2. The van der Waals surface area contributed by atoms with E-state index < -0.39 is 27.2 Å². The molecule has 26 heavy (non-hydrogen) atoms. The summed E-state index contributed by atoms with van der Waals surface area (Å²) in [7, 11) is -0.735. The second-order valence-corrected chi connectivity index (χ2v) is 8.93. The van der Waals surface area contributed by atoms with Gasteiger partial charge in [0.05, 0.1) is 10.1 Å². The first kappa shape index (κ1) is 20.1. The van der Waals surface area contributed by atoms with E-state index in [-0.39, 0.29) is 4.90 Å². The van der Waals surface area contributed by atoms with Gasteiger partial charge in [-0.15, -0.1) is 10.2 Å². The van der Waals surface area contributed by atoms with Gasteiger partial charge in [0.2, 0.25) is 15.9 Å². The van der Waals surface area contributed by atoms with E-state index in [0.717, 1.165) is 16.1 Å². The third-order valence-electron chi connectivity index (χ3n) is 3.35. The molecule has 2 heterocycles. The molecule has 0 aliphatic carbocycles. The summed E-state index contributed by atoms with van der Waals surface area (Å²) in [5.41, 5.74) is 0.446. The number of fused-ring (bicyclic) bond motifs is 1. The zero-order valence-corrected chi connectivity index (χ0v) is 16.4. The van der Waals surface area contributed by atoms with Crippen molar-refractivity contribution in [3.8, 4) is 0 Å². The van der Waals surface area contributed by atoms with E-state index in [4.69, 9.17) is 0 Å². The molecule has 2 aromatic rings. The molecule has 1 atom stereocenters. The highest BCUT2D eigenvalue weighted by atomic mass is 32.2. The first-order valence-electron chi connectivity index (χ1n) is 7.69. The van der Waals surface area contributed by atoms with Crippen molar-refractivity contribution in [2.45, 2.75) is 29.1 Å². The van der Waals surface area contributed by atoms with E-state index in [0.29, 0.717) is 17.3 Å². The lowest BCUT2D eigenvalue weighted by Crippen LogP contribution is -2.42. The Morgan fingerprint density at radius 3 is 2.62 bits per heavy atom. The normalized spacial score (nSPS) is 13.0. The fraction of sp³-hybridized carbons (Fsp3) is 0.429. The van der Waals surface area contributed by atoms with Crippen molar-refractivity contribution in [2.75, 3.05) is 20.6 Å². The number of carbonyl (C=O) groups excluding carboxylic acids is 2. The molecule has 0 saturated carbocycles. The second-order valence-electron chi connectivity index (χ2n) is 5.47. The molecule has 0 saturated heterocycles. The van der Waals surface area contributed by atoms with Crippen LogP contribution in [0.3, 0.4) is 0 Å². The van der Waals surface area contributed by atoms with Crippen LogP contribution in [0.2, 0.25) is 0 Å². The minimum absolute atomic E-state index is 0.0797. The molecule has 0 bridgehead atoms. The molecule has 0 unspecified atom stereocenters. The summed E-state index contributed by atoms with van der Waals surface area (Å²) in [6.45, 7) is 3.75. The number of rotatable bonds is 6. The molecule has 0 spiro atoms. The molecular weight excluding hydrogens is 380 g/mol. The molecule has 3 amide bonds. The quantitative estimate of drug-likeness (QED) is 0.668. The number of hydrogen-bond acceptors (Lipinski definition) is 7. The minimum Gasteiger partial charge on any atom is -0.338 e. The Bertz CT molecular complexity index is 925. The number of amides is 3. The summed E-state index contributed by atoms with van der Waals surface area (Å²) in [5.74, 6) is -0.491. The van der Waals surface area contributed by atoms with Crippen molar-refractivity contribution in [1.82, 2.24) is 29.5 Å². The zero-order valence-electron chi connectivity index (χ0n) is 14.8. The maximum Gasteiger partial charge on any atom is 0.321 e. The van der Waals surface area contributed by atoms with E-state index in [1.54, 1.807) is 13.8 Å². The molecule has 0 aromatic carbocycles. The van der Waals surface area contributed by atoms with Gasteiger partial charge in [0.15, 0.2) is 10.8 Å². The lowest BCUT2D eigenvalue weighted by Gasteiger charge is -2.12. The smallest absolute Gasteiger partial charge is 0.321 e. The van der Waals surface area contributed by atoms with Crippen molar-refractivity contribution in [1.29, 1.82) is 0 Å². The molecule has 0 fully saturated rings. The summed E-state index contributed by atoms with van der Waals surface area (Å²) in [4.78, 5) is 23.6. The highest BCUT2D eigenvalue weighted by Gasteiger charge is 2.22. The van der Waals surface area contributed by atoms with Gasteiger partial charge < -0.3 is 5.32 Å². The molecule has 0 radical (unpaired) electrons. The van der Waals surface area contributed by atoms with Crippen LogP contribution in [-0.2, 0) is 14.8 Å². The Balaban J connectivity index is 2.25. The molecule has 142 valence electrons. The highest BCUT2D eigenvalue weighted by Crippen LogP contribution is 2.24. The van der Waals surface area contributed by atoms with Crippen molar-refractivity contribution >= 4 is 39.4 Å². The van der Waals surface area contributed by atoms with Crippen LogP contribution in [0, 0.1) is 0 Å². The Kier molecular flexibility index (Phi) is 6.21. The van der Waals surface area contributed by atoms with Crippen LogP contribution in [0.15, 0.2) is 28.4 Å². The third-order valence-corrected chi connectivity index (χ3v) is 6.20. The lowest BCUT2D eigenvalue weighted by molar-refractivity contribution is -0.119. The molecule has 2 rings (SSSR count). The van der Waals surface area contributed by atoms with Gasteiger partial charge in [0.1, 0.15) is 0 Å². The van der Waals surface area contributed by atoms with Gasteiger partial charge in [-0.3, -0.25) is 14.5 Å². The van der Waals surface area contributed by atoms with E-state index >= 15 is 0 Å². The van der Waals surface area contributed by atoms with Gasteiger partial charge in [-0.25, -0.2) is 17.5 Å². The van der Waals surface area contributed by atoms with Gasteiger partial charge >= 0.3 is 6.03 Å². The molecule has 2 aromatic heterocycles. The maximum absolute atomic E-state index is 12.3. The van der Waals surface area contributed by atoms with Crippen molar-refractivity contribution in [3.05, 3.63) is 18.3 Å². The van der Waals surface area contributed by atoms with Gasteiger partial charge in [-0.2, -0.15) is 0 Å². The predicted molar refractivity (Wildman–Crippen MR) is 96.4 cm³/mol. The fourth-order valence-corrected chi connectivity index (χ4v) is 3.65. The summed E-state index contributed by atoms with van der Waals surface area (Å²) in [6.07, 6.45) is 1.40. The van der Waals surface area contributed by atoms with Gasteiger partial charge in [-0.1, -0.05) is 11.8 Å². The number of aromatic nitrogens is 3. The van der Waals surface area contributed by atoms with Gasteiger partial charge in [0, 0.05) is 26.8 Å². The average Bonchev–Trinajstić information content (AvgIpc) is 2.97. The molecule has 0 aliphatic heterocycles.